The molecule has 1 aliphatic carbocycles. The molecule has 1 aromatic carbocycles. The molecule has 1 saturated carbocycles. The number of nitrogens with one attached hydrogen (secondary N) is 1. The molecule has 0 aromatic heterocycles. The van der Waals surface area contributed by atoms with Crippen LogP contribution in [0.1, 0.15) is 41.6 Å². The lowest BCUT2D eigenvalue weighted by molar-refractivity contribution is -0.137. The van der Waals surface area contributed by atoms with E-state index in [4.69, 9.17) is 0 Å². The molecule has 2 rings (SSSR count). The highest BCUT2D eigenvalue weighted by atomic mass is 35.5. The van der Waals surface area contributed by atoms with Crippen LogP contribution in [0.25, 0.3) is 0 Å². The van der Waals surface area contributed by atoms with Crippen molar-refractivity contribution < 1.29 is 18.0 Å². The summed E-state index contributed by atoms with van der Waals surface area (Å²) in [5.74, 6) is -0.647. The van der Waals surface area contributed by atoms with Crippen molar-refractivity contribution in [1.29, 1.82) is 0 Å². The van der Waals surface area contributed by atoms with Gasteiger partial charge in [-0.3, -0.25) is 4.79 Å². The van der Waals surface area contributed by atoms with E-state index in [0.29, 0.717) is 0 Å². The molecule has 1 aliphatic rings. The van der Waals surface area contributed by atoms with Crippen LogP contribution in [-0.2, 0) is 6.18 Å². The minimum Gasteiger partial charge on any atom is -0.348 e. The summed E-state index contributed by atoms with van der Waals surface area (Å²) in [5.41, 5.74) is -1.19. The number of rotatable bonds is 3. The van der Waals surface area contributed by atoms with Gasteiger partial charge in [0, 0.05) is 12.1 Å². The maximum absolute atomic E-state index is 13.0. The second kappa shape index (κ2) is 8.02. The molecule has 1 aromatic rings. The zero-order valence-corrected chi connectivity index (χ0v) is 14.0. The Kier molecular flexibility index (Phi) is 6.89. The summed E-state index contributed by atoms with van der Waals surface area (Å²) in [6, 6.07) is 4.97. The molecule has 23 heavy (non-hydrogen) atoms. The van der Waals surface area contributed by atoms with Gasteiger partial charge in [-0.25, -0.2) is 0 Å². The van der Waals surface area contributed by atoms with E-state index in [2.05, 4.69) is 5.32 Å². The maximum Gasteiger partial charge on any atom is 0.417 e. The molecular weight excluding hydrogens is 329 g/mol. The summed E-state index contributed by atoms with van der Waals surface area (Å²) in [6.07, 6.45) is -0.729. The third kappa shape index (κ3) is 4.85. The number of hydrogen-bond acceptors (Lipinski definition) is 2. The number of carbonyl (C=O) groups excluding carboxylic acids is 1. The molecule has 7 heteroatoms. The zero-order chi connectivity index (χ0) is 16.3. The molecule has 2 atom stereocenters. The van der Waals surface area contributed by atoms with Crippen molar-refractivity contribution in [3.05, 3.63) is 35.4 Å². The Morgan fingerprint density at radius 1 is 1.17 bits per heavy atom. The lowest BCUT2D eigenvalue weighted by Crippen LogP contribution is -2.51. The van der Waals surface area contributed by atoms with Gasteiger partial charge in [0.1, 0.15) is 0 Å². The highest BCUT2D eigenvalue weighted by Gasteiger charge is 2.36. The smallest absolute Gasteiger partial charge is 0.348 e. The summed E-state index contributed by atoms with van der Waals surface area (Å²) in [7, 11) is 3.86. The van der Waals surface area contributed by atoms with Gasteiger partial charge in [0.15, 0.2) is 0 Å². The highest BCUT2D eigenvalue weighted by molar-refractivity contribution is 5.96. The Morgan fingerprint density at radius 3 is 2.39 bits per heavy atom. The number of nitrogens with zero attached hydrogens (tertiary/aromatic N) is 1. The minimum absolute atomic E-state index is 0. The molecule has 1 N–H and O–H groups in total. The first kappa shape index (κ1) is 19.8. The Labute approximate surface area is 140 Å². The summed E-state index contributed by atoms with van der Waals surface area (Å²) >= 11 is 0. The van der Waals surface area contributed by atoms with E-state index >= 15 is 0 Å². The van der Waals surface area contributed by atoms with Crippen LogP contribution in [0.3, 0.4) is 0 Å². The van der Waals surface area contributed by atoms with Crippen LogP contribution in [0.15, 0.2) is 24.3 Å². The van der Waals surface area contributed by atoms with E-state index in [1.165, 1.54) is 18.2 Å². The topological polar surface area (TPSA) is 32.3 Å². The quantitative estimate of drug-likeness (QED) is 0.901. The molecular formula is C16H22ClF3N2O. The summed E-state index contributed by atoms with van der Waals surface area (Å²) in [4.78, 5) is 14.3. The monoisotopic (exact) mass is 350 g/mol. The fourth-order valence-electron chi connectivity index (χ4n) is 3.07. The largest absolute Gasteiger partial charge is 0.417 e. The molecule has 3 nitrogen and oxygen atoms in total. The number of likely N-dealkylation sites (N-methyl/N-ethyl adjacent to an activating group) is 1. The first-order valence-corrected chi connectivity index (χ1v) is 7.44. The van der Waals surface area contributed by atoms with E-state index in [9.17, 15) is 18.0 Å². The molecule has 2 unspecified atom stereocenters. The van der Waals surface area contributed by atoms with Gasteiger partial charge in [0.05, 0.1) is 11.1 Å². The van der Waals surface area contributed by atoms with Crippen LogP contribution in [0.4, 0.5) is 13.2 Å². The number of hydrogen-bond donors (Lipinski definition) is 1. The number of carbonyl (C=O) groups is 1. The third-order valence-corrected chi connectivity index (χ3v) is 4.19. The summed E-state index contributed by atoms with van der Waals surface area (Å²) < 4.78 is 39.0. The number of halogens is 4. The minimum atomic E-state index is -4.53. The predicted octanol–water partition coefficient (Wildman–Crippen LogP) is 3.73. The highest BCUT2D eigenvalue weighted by Crippen LogP contribution is 2.32. The number of alkyl halides is 3. The van der Waals surface area contributed by atoms with Crippen molar-refractivity contribution in [1.82, 2.24) is 10.2 Å². The molecule has 0 aliphatic heterocycles. The van der Waals surface area contributed by atoms with E-state index in [-0.39, 0.29) is 30.1 Å². The standard InChI is InChI=1S/C16H21F3N2O.ClH/c1-21(2)14-10-6-5-9-13(14)20-15(22)11-7-3-4-8-12(11)16(17,18)19;/h3-4,7-8,13-14H,5-6,9-10H2,1-2H3,(H,20,22);1H. The predicted molar refractivity (Wildman–Crippen MR) is 85.9 cm³/mol. The molecule has 0 heterocycles. The molecule has 1 fully saturated rings. The first-order chi connectivity index (χ1) is 10.3. The van der Waals surface area contributed by atoms with Crippen molar-refractivity contribution >= 4 is 18.3 Å². The Hall–Kier alpha value is -1.27. The van der Waals surface area contributed by atoms with Crippen LogP contribution in [-0.4, -0.2) is 37.0 Å². The van der Waals surface area contributed by atoms with E-state index < -0.39 is 17.6 Å². The molecule has 0 spiro atoms. The second-order valence-electron chi connectivity index (χ2n) is 5.94. The molecule has 0 radical (unpaired) electrons. The molecule has 130 valence electrons. The summed E-state index contributed by atoms with van der Waals surface area (Å²) in [6.45, 7) is 0. The molecule has 0 saturated heterocycles. The van der Waals surface area contributed by atoms with Gasteiger partial charge in [0.25, 0.3) is 5.91 Å². The first-order valence-electron chi connectivity index (χ1n) is 7.44. The van der Waals surface area contributed by atoms with Crippen LogP contribution in [0.2, 0.25) is 0 Å². The Balaban J connectivity index is 0.00000264. The van der Waals surface area contributed by atoms with E-state index in [0.717, 1.165) is 31.7 Å². The van der Waals surface area contributed by atoms with Gasteiger partial charge in [-0.05, 0) is 39.1 Å². The fraction of sp³-hybridized carbons (Fsp3) is 0.562. The van der Waals surface area contributed by atoms with Gasteiger partial charge in [-0.2, -0.15) is 13.2 Å². The Bertz CT molecular complexity index is 534. The fourth-order valence-corrected chi connectivity index (χ4v) is 3.07. The van der Waals surface area contributed by atoms with Crippen molar-refractivity contribution in [3.63, 3.8) is 0 Å². The van der Waals surface area contributed by atoms with Crippen molar-refractivity contribution in [2.24, 2.45) is 0 Å². The van der Waals surface area contributed by atoms with Crippen LogP contribution in [0.5, 0.6) is 0 Å². The lowest BCUT2D eigenvalue weighted by atomic mass is 9.89. The van der Waals surface area contributed by atoms with Crippen molar-refractivity contribution in [2.45, 2.75) is 43.9 Å². The van der Waals surface area contributed by atoms with Crippen LogP contribution >= 0.6 is 12.4 Å². The van der Waals surface area contributed by atoms with Gasteiger partial charge < -0.3 is 10.2 Å². The van der Waals surface area contributed by atoms with Crippen LogP contribution in [0, 0.1) is 0 Å². The average Bonchev–Trinajstić information content (AvgIpc) is 2.46. The normalized spacial score (nSPS) is 21.7. The van der Waals surface area contributed by atoms with E-state index in [1.807, 2.05) is 19.0 Å². The van der Waals surface area contributed by atoms with Crippen molar-refractivity contribution in [2.75, 3.05) is 14.1 Å². The molecule has 1 amide bonds. The summed E-state index contributed by atoms with van der Waals surface area (Å²) in [5, 5.41) is 2.80. The van der Waals surface area contributed by atoms with Gasteiger partial charge in [-0.1, -0.05) is 25.0 Å². The maximum atomic E-state index is 13.0. The van der Waals surface area contributed by atoms with E-state index in [1.54, 1.807) is 0 Å². The number of benzene rings is 1. The molecule has 0 bridgehead atoms. The lowest BCUT2D eigenvalue weighted by Gasteiger charge is -2.36. The second-order valence-corrected chi connectivity index (χ2v) is 5.94. The van der Waals surface area contributed by atoms with Crippen LogP contribution < -0.4 is 5.32 Å². The number of amides is 1. The Morgan fingerprint density at radius 2 is 1.78 bits per heavy atom. The van der Waals surface area contributed by atoms with Gasteiger partial charge in [-0.15, -0.1) is 12.4 Å². The third-order valence-electron chi connectivity index (χ3n) is 4.19. The average molecular weight is 351 g/mol. The SMILES string of the molecule is CN(C)C1CCCCC1NC(=O)c1ccccc1C(F)(F)F.Cl. The zero-order valence-electron chi connectivity index (χ0n) is 13.2. The van der Waals surface area contributed by atoms with Crippen molar-refractivity contribution in [3.8, 4) is 0 Å². The van der Waals surface area contributed by atoms with Gasteiger partial charge in [0.2, 0.25) is 0 Å². The van der Waals surface area contributed by atoms with Gasteiger partial charge >= 0.3 is 6.18 Å².